The van der Waals surface area contributed by atoms with Gasteiger partial charge >= 0.3 is 5.97 Å². The molecule has 1 aromatic rings. The van der Waals surface area contributed by atoms with Gasteiger partial charge in [-0.3, -0.25) is 0 Å². The first kappa shape index (κ1) is 20.1. The number of hydrogen-bond acceptors (Lipinski definition) is 5. The second-order valence-corrected chi connectivity index (χ2v) is 8.42. The maximum atomic E-state index is 12.7. The van der Waals surface area contributed by atoms with Crippen LogP contribution in [0, 0.1) is 0 Å². The molecule has 1 saturated heterocycles. The van der Waals surface area contributed by atoms with Crippen LogP contribution < -0.4 is 0 Å². The summed E-state index contributed by atoms with van der Waals surface area (Å²) in [6.07, 6.45) is 4.08. The molecule has 5 heteroatoms. The minimum absolute atomic E-state index is 0.230. The Kier molecular flexibility index (Phi) is 5.48. The van der Waals surface area contributed by atoms with Crippen LogP contribution in [0.2, 0.25) is 0 Å². The molecule has 0 spiro atoms. The highest BCUT2D eigenvalue weighted by Crippen LogP contribution is 2.50. The summed E-state index contributed by atoms with van der Waals surface area (Å²) < 4.78 is 18.5. The molecule has 1 aromatic carbocycles. The third-order valence-electron chi connectivity index (χ3n) is 5.38. The van der Waals surface area contributed by atoms with Gasteiger partial charge in [0.2, 0.25) is 0 Å². The van der Waals surface area contributed by atoms with Crippen molar-refractivity contribution in [2.45, 2.75) is 82.1 Å². The van der Waals surface area contributed by atoms with Crippen LogP contribution in [0.4, 0.5) is 0 Å². The van der Waals surface area contributed by atoms with Crippen molar-refractivity contribution in [1.82, 2.24) is 0 Å². The molecule has 2 fully saturated rings. The summed E-state index contributed by atoms with van der Waals surface area (Å²) in [6, 6.07) is 8.95. The number of ether oxygens (including phenoxy) is 3. The zero-order valence-electron chi connectivity index (χ0n) is 16.4. The van der Waals surface area contributed by atoms with E-state index in [0.717, 1.165) is 12.8 Å². The Hall–Kier alpha value is -1.69. The molecule has 1 heterocycles. The highest BCUT2D eigenvalue weighted by Gasteiger charge is 2.62. The minimum atomic E-state index is -1.03. The van der Waals surface area contributed by atoms with Gasteiger partial charge in [-0.15, -0.1) is 6.58 Å². The standard InChI is InChI=1S/C22H30O5/c1-5-14-21(4,24)15-22-17(25-19(23)16-10-7-6-8-11-16)12-9-13-18(22)26-20(2,3)27-22/h5-8,10-11,17-18,24H,1,9,12-15H2,2-4H3/t17-,18+,21-,22-/m0/s1. The van der Waals surface area contributed by atoms with Crippen LogP contribution in [0.5, 0.6) is 0 Å². The minimum Gasteiger partial charge on any atom is -0.456 e. The molecule has 3 rings (SSSR count). The van der Waals surface area contributed by atoms with Crippen LogP contribution in [0.1, 0.15) is 63.2 Å². The summed E-state index contributed by atoms with van der Waals surface area (Å²) in [5.74, 6) is -1.17. The molecule has 1 saturated carbocycles. The second-order valence-electron chi connectivity index (χ2n) is 8.42. The van der Waals surface area contributed by atoms with Gasteiger partial charge in [0.15, 0.2) is 5.79 Å². The van der Waals surface area contributed by atoms with E-state index in [1.807, 2.05) is 32.0 Å². The molecule has 0 bridgehead atoms. The van der Waals surface area contributed by atoms with Gasteiger partial charge in [0, 0.05) is 6.42 Å². The molecule has 2 aliphatic rings. The summed E-state index contributed by atoms with van der Waals surface area (Å²) in [5.41, 5.74) is -1.40. The van der Waals surface area contributed by atoms with Crippen molar-refractivity contribution in [2.24, 2.45) is 0 Å². The first-order valence-corrected chi connectivity index (χ1v) is 9.65. The van der Waals surface area contributed by atoms with Gasteiger partial charge in [-0.05, 0) is 58.6 Å². The number of carbonyl (C=O) groups excluding carboxylic acids is 1. The molecule has 4 atom stereocenters. The van der Waals surface area contributed by atoms with Gasteiger partial charge in [-0.2, -0.15) is 0 Å². The molecule has 0 amide bonds. The molecule has 1 aliphatic carbocycles. The van der Waals surface area contributed by atoms with Crippen molar-refractivity contribution in [3.05, 3.63) is 48.6 Å². The normalized spacial score (nSPS) is 31.6. The Bertz CT molecular complexity index is 681. The Morgan fingerprint density at radius 3 is 2.74 bits per heavy atom. The first-order chi connectivity index (χ1) is 12.7. The monoisotopic (exact) mass is 374 g/mol. The number of benzene rings is 1. The average Bonchev–Trinajstić information content (AvgIpc) is 2.85. The van der Waals surface area contributed by atoms with E-state index < -0.39 is 23.1 Å². The molecule has 0 radical (unpaired) electrons. The molecule has 5 nitrogen and oxygen atoms in total. The summed E-state index contributed by atoms with van der Waals surface area (Å²) in [5, 5.41) is 10.9. The Labute approximate surface area is 161 Å². The summed E-state index contributed by atoms with van der Waals surface area (Å²) in [4.78, 5) is 12.7. The summed E-state index contributed by atoms with van der Waals surface area (Å²) >= 11 is 0. The van der Waals surface area contributed by atoms with Gasteiger partial charge < -0.3 is 19.3 Å². The van der Waals surface area contributed by atoms with E-state index in [2.05, 4.69) is 6.58 Å². The molecule has 0 aromatic heterocycles. The fraction of sp³-hybridized carbons (Fsp3) is 0.591. The van der Waals surface area contributed by atoms with E-state index in [1.165, 1.54) is 0 Å². The topological polar surface area (TPSA) is 65.0 Å². The molecular formula is C22H30O5. The second kappa shape index (κ2) is 7.38. The average molecular weight is 374 g/mol. The SMILES string of the molecule is C=CC[C@](C)(O)C[C@@]12OC(C)(C)O[C@@H]1CCC[C@@H]2OC(=O)c1ccccc1. The maximum Gasteiger partial charge on any atom is 0.338 e. The predicted molar refractivity (Wildman–Crippen MR) is 102 cm³/mol. The summed E-state index contributed by atoms with van der Waals surface area (Å²) in [6.45, 7) is 9.24. The number of hydrogen-bond donors (Lipinski definition) is 1. The molecule has 27 heavy (non-hydrogen) atoms. The Morgan fingerprint density at radius 1 is 1.37 bits per heavy atom. The quantitative estimate of drug-likeness (QED) is 0.602. The number of rotatable bonds is 6. The van der Waals surface area contributed by atoms with Crippen molar-refractivity contribution in [3.63, 3.8) is 0 Å². The third-order valence-corrected chi connectivity index (χ3v) is 5.38. The highest BCUT2D eigenvalue weighted by molar-refractivity contribution is 5.89. The zero-order chi connectivity index (χ0) is 19.7. The maximum absolute atomic E-state index is 12.7. The van der Waals surface area contributed by atoms with Gasteiger partial charge in [0.25, 0.3) is 0 Å². The molecule has 1 aliphatic heterocycles. The Morgan fingerprint density at radius 2 is 2.07 bits per heavy atom. The number of carbonyl (C=O) groups is 1. The lowest BCUT2D eigenvalue weighted by molar-refractivity contribution is -0.201. The summed E-state index contributed by atoms with van der Waals surface area (Å²) in [7, 11) is 0. The van der Waals surface area contributed by atoms with E-state index in [9.17, 15) is 9.90 Å². The van der Waals surface area contributed by atoms with Crippen molar-refractivity contribution >= 4 is 5.97 Å². The third kappa shape index (κ3) is 4.26. The number of aliphatic hydroxyl groups is 1. The lowest BCUT2D eigenvalue weighted by Crippen LogP contribution is -2.58. The number of fused-ring (bicyclic) bond motifs is 1. The lowest BCUT2D eigenvalue weighted by atomic mass is 9.72. The molecule has 148 valence electrons. The largest absolute Gasteiger partial charge is 0.456 e. The first-order valence-electron chi connectivity index (χ1n) is 9.65. The van der Waals surface area contributed by atoms with Crippen molar-refractivity contribution in [2.75, 3.05) is 0 Å². The smallest absolute Gasteiger partial charge is 0.338 e. The Balaban J connectivity index is 1.90. The van der Waals surface area contributed by atoms with Gasteiger partial charge in [-0.25, -0.2) is 4.79 Å². The highest BCUT2D eigenvalue weighted by atomic mass is 16.8. The lowest BCUT2D eigenvalue weighted by Gasteiger charge is -2.45. The fourth-order valence-corrected chi connectivity index (χ4v) is 4.47. The zero-order valence-corrected chi connectivity index (χ0v) is 16.4. The van der Waals surface area contributed by atoms with E-state index >= 15 is 0 Å². The van der Waals surface area contributed by atoms with Crippen molar-refractivity contribution in [3.8, 4) is 0 Å². The van der Waals surface area contributed by atoms with Crippen LogP contribution in [0.25, 0.3) is 0 Å². The predicted octanol–water partition coefficient (Wildman–Crippen LogP) is 4.00. The van der Waals surface area contributed by atoms with E-state index in [-0.39, 0.29) is 12.1 Å². The van der Waals surface area contributed by atoms with Crippen LogP contribution >= 0.6 is 0 Å². The molecule has 1 N–H and O–H groups in total. The van der Waals surface area contributed by atoms with Crippen LogP contribution in [0.3, 0.4) is 0 Å². The fourth-order valence-electron chi connectivity index (χ4n) is 4.47. The van der Waals surface area contributed by atoms with Crippen LogP contribution in [0.15, 0.2) is 43.0 Å². The van der Waals surface area contributed by atoms with Crippen molar-refractivity contribution in [1.29, 1.82) is 0 Å². The van der Waals surface area contributed by atoms with Gasteiger partial charge in [-0.1, -0.05) is 24.3 Å². The molecule has 0 unspecified atom stereocenters. The molecular weight excluding hydrogens is 344 g/mol. The van der Waals surface area contributed by atoms with Crippen molar-refractivity contribution < 1.29 is 24.1 Å². The van der Waals surface area contributed by atoms with Gasteiger partial charge in [0.05, 0.1) is 17.3 Å². The van der Waals surface area contributed by atoms with Gasteiger partial charge in [0.1, 0.15) is 11.7 Å². The number of esters is 1. The van der Waals surface area contributed by atoms with Crippen LogP contribution in [-0.4, -0.2) is 40.3 Å². The van der Waals surface area contributed by atoms with Crippen LogP contribution in [-0.2, 0) is 14.2 Å². The van der Waals surface area contributed by atoms with E-state index in [1.54, 1.807) is 25.1 Å². The van der Waals surface area contributed by atoms with E-state index in [0.29, 0.717) is 24.8 Å². The van der Waals surface area contributed by atoms with E-state index in [4.69, 9.17) is 14.2 Å².